The third-order valence-corrected chi connectivity index (χ3v) is 3.87. The molecule has 0 aliphatic heterocycles. The molecule has 5 heteroatoms. The van der Waals surface area contributed by atoms with E-state index in [1.807, 2.05) is 13.0 Å². The van der Waals surface area contributed by atoms with Crippen molar-refractivity contribution in [3.63, 3.8) is 0 Å². The van der Waals surface area contributed by atoms with Crippen molar-refractivity contribution >= 4 is 14.3 Å². The Bertz CT molecular complexity index is 259. The summed E-state index contributed by atoms with van der Waals surface area (Å²) < 4.78 is 5.57. The van der Waals surface area contributed by atoms with Gasteiger partial charge in [-0.25, -0.2) is 10.8 Å². The second-order valence-electron chi connectivity index (χ2n) is 5.18. The van der Waals surface area contributed by atoms with Gasteiger partial charge in [-0.3, -0.25) is 5.01 Å². The summed E-state index contributed by atoms with van der Waals surface area (Å²) in [4.78, 5) is 4.21. The van der Waals surface area contributed by atoms with Crippen molar-refractivity contribution < 1.29 is 4.74 Å². The Balaban J connectivity index is 3.99. The summed E-state index contributed by atoms with van der Waals surface area (Å²) in [5, 5.41) is 1.55. The molecule has 0 amide bonds. The van der Waals surface area contributed by atoms with Gasteiger partial charge < -0.3 is 4.74 Å². The summed E-state index contributed by atoms with van der Waals surface area (Å²) >= 11 is 0. The Hall–Kier alpha value is -0.653. The molecule has 0 aliphatic rings. The predicted octanol–water partition coefficient (Wildman–Crippen LogP) is 2.82. The van der Waals surface area contributed by atoms with Crippen LogP contribution in [0.25, 0.3) is 0 Å². The topological polar surface area (TPSA) is 50.8 Å². The number of rotatable bonds is 8. The summed E-state index contributed by atoms with van der Waals surface area (Å²) in [5.74, 6) is 6.64. The Morgan fingerprint density at radius 2 is 2.06 bits per heavy atom. The third kappa shape index (κ3) is 9.09. The molecule has 0 heterocycles. The van der Waals surface area contributed by atoms with Crippen molar-refractivity contribution in [2.24, 2.45) is 10.8 Å². The van der Waals surface area contributed by atoms with Gasteiger partial charge in [-0.2, -0.15) is 0 Å². The lowest BCUT2D eigenvalue weighted by Gasteiger charge is -2.20. The van der Waals surface area contributed by atoms with Crippen LogP contribution in [-0.4, -0.2) is 32.6 Å². The average Bonchev–Trinajstić information content (AvgIpc) is 2.22. The van der Waals surface area contributed by atoms with Gasteiger partial charge in [-0.05, 0) is 25.5 Å². The molecule has 17 heavy (non-hydrogen) atoms. The first-order valence-electron chi connectivity index (χ1n) is 6.19. The van der Waals surface area contributed by atoms with E-state index in [1.54, 1.807) is 11.2 Å². The second-order valence-corrected chi connectivity index (χ2v) is 10.8. The summed E-state index contributed by atoms with van der Waals surface area (Å²) in [5.41, 5.74) is 0. The van der Waals surface area contributed by atoms with E-state index in [1.165, 1.54) is 0 Å². The van der Waals surface area contributed by atoms with Crippen LogP contribution in [0.3, 0.4) is 0 Å². The predicted molar refractivity (Wildman–Crippen MR) is 77.5 cm³/mol. The number of ether oxygens (including phenoxy) is 1. The molecule has 4 nitrogen and oxygen atoms in total. The Kier molecular flexibility index (Phi) is 8.12. The Morgan fingerprint density at radius 3 is 2.53 bits per heavy atom. The van der Waals surface area contributed by atoms with Crippen LogP contribution in [0.5, 0.6) is 0 Å². The zero-order valence-corrected chi connectivity index (χ0v) is 12.9. The van der Waals surface area contributed by atoms with Crippen molar-refractivity contribution in [1.82, 2.24) is 5.01 Å². The number of hydrogen-bond donors (Lipinski definition) is 1. The number of nitrogens with two attached hydrogens (primary N) is 1. The second kappa shape index (κ2) is 8.44. The molecule has 0 unspecified atom stereocenters. The standard InChI is InChI=1S/C12H27N3OSi/c1-6-8-12(14-7-2)15(13)11-16-9-10-17(3,4)5/h7-8H,6,9-11,13H2,1-5H3/b12-8-,14-7-. The Morgan fingerprint density at radius 1 is 1.41 bits per heavy atom. The first-order valence-corrected chi connectivity index (χ1v) is 9.90. The number of nitrogens with zero attached hydrogens (tertiary/aromatic N) is 2. The zero-order valence-electron chi connectivity index (χ0n) is 11.9. The van der Waals surface area contributed by atoms with Gasteiger partial charge in [0.1, 0.15) is 12.6 Å². The van der Waals surface area contributed by atoms with Crippen molar-refractivity contribution in [2.45, 2.75) is 46.0 Å². The minimum Gasteiger partial charge on any atom is -0.360 e. The fourth-order valence-electron chi connectivity index (χ4n) is 1.17. The third-order valence-electron chi connectivity index (χ3n) is 2.17. The number of aliphatic imine (C=N–C) groups is 1. The molecular weight excluding hydrogens is 230 g/mol. The van der Waals surface area contributed by atoms with Crippen LogP contribution in [0.15, 0.2) is 16.9 Å². The molecule has 0 saturated carbocycles. The van der Waals surface area contributed by atoms with Gasteiger partial charge in [0.25, 0.3) is 0 Å². The van der Waals surface area contributed by atoms with Crippen molar-refractivity contribution in [3.05, 3.63) is 11.9 Å². The van der Waals surface area contributed by atoms with Crippen molar-refractivity contribution in [3.8, 4) is 0 Å². The highest BCUT2D eigenvalue weighted by atomic mass is 28.3. The monoisotopic (exact) mass is 257 g/mol. The maximum atomic E-state index is 5.88. The first-order chi connectivity index (χ1) is 7.90. The normalized spacial score (nSPS) is 13.4. The van der Waals surface area contributed by atoms with Crippen LogP contribution in [-0.2, 0) is 4.74 Å². The highest BCUT2D eigenvalue weighted by molar-refractivity contribution is 6.76. The maximum absolute atomic E-state index is 5.88. The largest absolute Gasteiger partial charge is 0.360 e. The average molecular weight is 257 g/mol. The van der Waals surface area contributed by atoms with Gasteiger partial charge in [-0.1, -0.05) is 26.6 Å². The minimum absolute atomic E-state index is 0.396. The number of hydrogen-bond acceptors (Lipinski definition) is 4. The van der Waals surface area contributed by atoms with E-state index in [2.05, 4.69) is 31.6 Å². The molecule has 0 aliphatic carbocycles. The number of hydrazine groups is 1. The molecule has 0 radical (unpaired) electrons. The van der Waals surface area contributed by atoms with E-state index in [9.17, 15) is 0 Å². The molecule has 100 valence electrons. The van der Waals surface area contributed by atoms with E-state index in [0.717, 1.165) is 24.9 Å². The van der Waals surface area contributed by atoms with E-state index < -0.39 is 8.07 Å². The van der Waals surface area contributed by atoms with Crippen LogP contribution in [0, 0.1) is 0 Å². The lowest BCUT2D eigenvalue weighted by Crippen LogP contribution is -2.33. The van der Waals surface area contributed by atoms with E-state index in [4.69, 9.17) is 10.6 Å². The molecule has 0 aromatic carbocycles. The summed E-state index contributed by atoms with van der Waals surface area (Å²) in [6.45, 7) is 12.1. The minimum atomic E-state index is -1.02. The van der Waals surface area contributed by atoms with Crippen LogP contribution < -0.4 is 5.84 Å². The highest BCUT2D eigenvalue weighted by Crippen LogP contribution is 2.08. The lowest BCUT2D eigenvalue weighted by molar-refractivity contribution is 0.0539. The van der Waals surface area contributed by atoms with E-state index in [0.29, 0.717) is 6.73 Å². The zero-order chi connectivity index (χ0) is 13.3. The van der Waals surface area contributed by atoms with Crippen molar-refractivity contribution in [2.75, 3.05) is 13.3 Å². The molecular formula is C12H27N3OSi. The van der Waals surface area contributed by atoms with Crippen LogP contribution in [0.4, 0.5) is 0 Å². The first kappa shape index (κ1) is 16.3. The van der Waals surface area contributed by atoms with Gasteiger partial charge in [0.05, 0.1) is 0 Å². The molecule has 0 bridgehead atoms. The van der Waals surface area contributed by atoms with Gasteiger partial charge in [-0.15, -0.1) is 0 Å². The molecule has 0 aromatic rings. The Labute approximate surface area is 107 Å². The molecule has 2 N–H and O–H groups in total. The fraction of sp³-hybridized carbons (Fsp3) is 0.750. The molecule has 0 saturated heterocycles. The van der Waals surface area contributed by atoms with E-state index in [-0.39, 0.29) is 0 Å². The van der Waals surface area contributed by atoms with Gasteiger partial charge >= 0.3 is 0 Å². The molecule has 0 spiro atoms. The van der Waals surface area contributed by atoms with Crippen molar-refractivity contribution in [1.29, 1.82) is 0 Å². The van der Waals surface area contributed by atoms with Gasteiger partial charge in [0, 0.05) is 20.9 Å². The van der Waals surface area contributed by atoms with E-state index >= 15 is 0 Å². The fourth-order valence-corrected chi connectivity index (χ4v) is 1.92. The van der Waals surface area contributed by atoms with Crippen LogP contribution in [0.2, 0.25) is 25.7 Å². The quantitative estimate of drug-likeness (QED) is 0.182. The maximum Gasteiger partial charge on any atom is 0.140 e. The number of allylic oxidation sites excluding steroid dienone is 1. The molecule has 0 rings (SSSR count). The highest BCUT2D eigenvalue weighted by Gasteiger charge is 2.12. The smallest absolute Gasteiger partial charge is 0.140 e. The van der Waals surface area contributed by atoms with Crippen LogP contribution >= 0.6 is 0 Å². The molecule has 0 fully saturated rings. The SMILES string of the molecule is C/C=N\C(=C\CC)N(N)COCC[Si](C)(C)C. The van der Waals surface area contributed by atoms with Gasteiger partial charge in [0.15, 0.2) is 0 Å². The van der Waals surface area contributed by atoms with Gasteiger partial charge in [0.2, 0.25) is 0 Å². The lowest BCUT2D eigenvalue weighted by atomic mass is 10.4. The summed E-state index contributed by atoms with van der Waals surface area (Å²) in [6.07, 6.45) is 4.64. The van der Waals surface area contributed by atoms with Crippen LogP contribution in [0.1, 0.15) is 20.3 Å². The molecule has 0 aromatic heterocycles. The summed E-state index contributed by atoms with van der Waals surface area (Å²) in [6, 6.07) is 1.16. The summed E-state index contributed by atoms with van der Waals surface area (Å²) in [7, 11) is -1.02. The molecule has 0 atom stereocenters.